The van der Waals surface area contributed by atoms with E-state index in [4.69, 9.17) is 5.11 Å². The molecular formula is C21H28BrO2P. The summed E-state index contributed by atoms with van der Waals surface area (Å²) in [6, 6.07) is 21.6. The fourth-order valence-corrected chi connectivity index (χ4v) is 9.18. The molecule has 136 valence electrons. The van der Waals surface area contributed by atoms with Gasteiger partial charge in [0.05, 0.1) is 0 Å². The zero-order chi connectivity index (χ0) is 18.2. The van der Waals surface area contributed by atoms with Gasteiger partial charge in [-0.3, -0.25) is 0 Å². The van der Waals surface area contributed by atoms with Gasteiger partial charge in [0.25, 0.3) is 0 Å². The van der Waals surface area contributed by atoms with Crippen molar-refractivity contribution in [3.05, 3.63) is 60.7 Å². The zero-order valence-corrected chi connectivity index (χ0v) is 17.4. The molecule has 0 aliphatic carbocycles. The summed E-state index contributed by atoms with van der Waals surface area (Å²) in [5, 5.41) is 9.13. The average Bonchev–Trinajstić information content (AvgIpc) is 2.62. The molecule has 0 unspecified atom stereocenters. The van der Waals surface area contributed by atoms with Crippen molar-refractivity contribution in [1.82, 2.24) is 0 Å². The van der Waals surface area contributed by atoms with E-state index in [0.29, 0.717) is 6.42 Å². The molecule has 2 aromatic rings. The van der Waals surface area contributed by atoms with Crippen LogP contribution in [-0.2, 0) is 4.79 Å². The average molecular weight is 423 g/mol. The van der Waals surface area contributed by atoms with Crippen molar-refractivity contribution < 1.29 is 9.90 Å². The fraction of sp³-hybridized carbons (Fsp3) is 0.381. The number of benzene rings is 2. The first-order valence-corrected chi connectivity index (χ1v) is 13.9. The van der Waals surface area contributed by atoms with E-state index in [1.54, 1.807) is 0 Å². The summed E-state index contributed by atoms with van der Waals surface area (Å²) in [5.74, 6) is -0.688. The van der Waals surface area contributed by atoms with Gasteiger partial charge in [0, 0.05) is 0 Å². The minimum absolute atomic E-state index is 0.291. The second-order valence-corrected chi connectivity index (χ2v) is 17.5. The molecule has 0 aliphatic heterocycles. The van der Waals surface area contributed by atoms with Crippen LogP contribution in [0.3, 0.4) is 0 Å². The Kier molecular flexibility index (Phi) is 7.22. The summed E-state index contributed by atoms with van der Waals surface area (Å²) in [7, 11) is 0. The van der Waals surface area contributed by atoms with E-state index in [9.17, 15) is 4.79 Å². The van der Waals surface area contributed by atoms with Gasteiger partial charge in [0.15, 0.2) is 0 Å². The number of carboxylic acid groups (broad SMARTS) is 1. The fourth-order valence-electron chi connectivity index (χ4n) is 3.33. The van der Waals surface area contributed by atoms with Crippen molar-refractivity contribution in [1.29, 1.82) is 0 Å². The predicted octanol–water partition coefficient (Wildman–Crippen LogP) is 5.56. The maximum atomic E-state index is 10.6. The van der Waals surface area contributed by atoms with Crippen LogP contribution in [0.25, 0.3) is 0 Å². The van der Waals surface area contributed by atoms with Crippen LogP contribution in [0.5, 0.6) is 0 Å². The molecule has 0 saturated carbocycles. The van der Waals surface area contributed by atoms with Gasteiger partial charge in [-0.05, 0) is 0 Å². The third-order valence-corrected chi connectivity index (χ3v) is 13.1. The molecule has 0 aromatic heterocycles. The quantitative estimate of drug-likeness (QED) is 0.402. The van der Waals surface area contributed by atoms with E-state index in [-0.39, 0.29) is 0 Å². The monoisotopic (exact) mass is 422 g/mol. The number of hydrogen-bond donors (Lipinski definition) is 1. The second-order valence-electron chi connectivity index (χ2n) is 6.96. The normalized spacial score (nSPS) is 13.1. The van der Waals surface area contributed by atoms with E-state index in [1.165, 1.54) is 10.6 Å². The third kappa shape index (κ3) is 5.39. The summed E-state index contributed by atoms with van der Waals surface area (Å²) in [6.45, 7) is 2.40. The molecule has 0 aliphatic rings. The SMILES string of the molecule is CP(Br)(CCCCCCCC(=O)O)(c1ccccc1)c1ccccc1. The molecular weight excluding hydrogens is 395 g/mol. The van der Waals surface area contributed by atoms with E-state index >= 15 is 0 Å². The zero-order valence-electron chi connectivity index (χ0n) is 14.9. The van der Waals surface area contributed by atoms with Crippen LogP contribution in [0.15, 0.2) is 60.7 Å². The molecule has 4 heteroatoms. The molecule has 2 aromatic carbocycles. The Morgan fingerprint density at radius 2 is 1.28 bits per heavy atom. The Bertz CT molecular complexity index is 627. The van der Waals surface area contributed by atoms with Crippen molar-refractivity contribution in [2.45, 2.75) is 38.5 Å². The number of halogens is 1. The van der Waals surface area contributed by atoms with Gasteiger partial charge in [0.1, 0.15) is 0 Å². The maximum absolute atomic E-state index is 10.6. The van der Waals surface area contributed by atoms with Gasteiger partial charge in [-0.15, -0.1) is 0 Å². The van der Waals surface area contributed by atoms with Gasteiger partial charge < -0.3 is 0 Å². The summed E-state index contributed by atoms with van der Waals surface area (Å²) < 4.78 is 0. The first-order valence-electron chi connectivity index (χ1n) is 8.98. The molecule has 0 saturated heterocycles. The molecule has 2 rings (SSSR count). The first-order chi connectivity index (χ1) is 11.9. The predicted molar refractivity (Wildman–Crippen MR) is 114 cm³/mol. The molecule has 1 N–H and O–H groups in total. The summed E-state index contributed by atoms with van der Waals surface area (Å²) in [6.07, 6.45) is 6.61. The molecule has 0 spiro atoms. The standard InChI is InChI=1S/C21H28BrO2P/c1-25(22,19-13-7-5-8-14-19,20-15-9-6-10-16-20)18-12-4-2-3-11-17-21(23)24/h5-10,13-16H,2-4,11-12,17-18H2,1H3,(H,23,24). The van der Waals surface area contributed by atoms with Crippen molar-refractivity contribution >= 4 is 37.4 Å². The molecule has 0 heterocycles. The van der Waals surface area contributed by atoms with E-state index in [0.717, 1.165) is 38.3 Å². The molecule has 2 nitrogen and oxygen atoms in total. The minimum atomic E-state index is -2.36. The van der Waals surface area contributed by atoms with Gasteiger partial charge in [0.2, 0.25) is 0 Å². The molecule has 0 fully saturated rings. The van der Waals surface area contributed by atoms with E-state index in [1.807, 2.05) is 0 Å². The van der Waals surface area contributed by atoms with Crippen LogP contribution in [0, 0.1) is 0 Å². The van der Waals surface area contributed by atoms with Crippen LogP contribution in [-0.4, -0.2) is 23.9 Å². The molecule has 0 radical (unpaired) electrons. The van der Waals surface area contributed by atoms with E-state index < -0.39 is 11.3 Å². The van der Waals surface area contributed by atoms with Crippen molar-refractivity contribution in [3.8, 4) is 0 Å². The number of hydrogen-bond acceptors (Lipinski definition) is 1. The van der Waals surface area contributed by atoms with Crippen molar-refractivity contribution in [2.75, 3.05) is 12.8 Å². The number of unbranched alkanes of at least 4 members (excludes halogenated alkanes) is 4. The number of carbonyl (C=O) groups is 1. The third-order valence-electron chi connectivity index (χ3n) is 4.93. The van der Waals surface area contributed by atoms with Gasteiger partial charge in [-0.1, -0.05) is 0 Å². The molecule has 0 bridgehead atoms. The Morgan fingerprint density at radius 3 is 1.76 bits per heavy atom. The van der Waals surface area contributed by atoms with Crippen LogP contribution in [0.1, 0.15) is 38.5 Å². The summed E-state index contributed by atoms with van der Waals surface area (Å²) in [4.78, 5) is 10.6. The Balaban J connectivity index is 2.06. The van der Waals surface area contributed by atoms with Crippen LogP contribution >= 0.6 is 20.8 Å². The van der Waals surface area contributed by atoms with Gasteiger partial charge in [-0.25, -0.2) is 0 Å². The van der Waals surface area contributed by atoms with E-state index in [2.05, 4.69) is 82.8 Å². The number of carboxylic acids is 1. The Labute approximate surface area is 159 Å². The second kappa shape index (κ2) is 8.96. The molecule has 25 heavy (non-hydrogen) atoms. The van der Waals surface area contributed by atoms with Crippen LogP contribution in [0.4, 0.5) is 0 Å². The summed E-state index contributed by atoms with van der Waals surface area (Å²) >= 11 is 4.26. The number of rotatable bonds is 10. The Hall–Kier alpha value is -1.18. The Morgan fingerprint density at radius 1 is 0.840 bits per heavy atom. The molecule has 0 amide bonds. The first kappa shape index (κ1) is 20.1. The van der Waals surface area contributed by atoms with Crippen molar-refractivity contribution in [3.63, 3.8) is 0 Å². The number of aliphatic carboxylic acids is 1. The summed E-state index contributed by atoms with van der Waals surface area (Å²) in [5.41, 5.74) is 0. The van der Waals surface area contributed by atoms with Gasteiger partial charge in [-0.2, -0.15) is 0 Å². The molecule has 0 atom stereocenters. The topological polar surface area (TPSA) is 37.3 Å². The van der Waals surface area contributed by atoms with Crippen molar-refractivity contribution in [2.24, 2.45) is 0 Å². The van der Waals surface area contributed by atoms with Crippen LogP contribution < -0.4 is 10.6 Å². The van der Waals surface area contributed by atoms with Gasteiger partial charge >= 0.3 is 159 Å². The van der Waals surface area contributed by atoms with Crippen LogP contribution in [0.2, 0.25) is 0 Å².